The minimum absolute atomic E-state index is 0.323. The van der Waals surface area contributed by atoms with Crippen LogP contribution < -0.4 is 4.72 Å². The third-order valence-corrected chi connectivity index (χ3v) is 4.95. The molecule has 0 radical (unpaired) electrons. The van der Waals surface area contributed by atoms with Crippen molar-refractivity contribution in [1.29, 1.82) is 0 Å². The van der Waals surface area contributed by atoms with E-state index in [0.717, 1.165) is 43.7 Å². The number of sulfonamides is 1. The Morgan fingerprint density at radius 3 is 2.28 bits per heavy atom. The molecule has 134 valence electrons. The Labute approximate surface area is 148 Å². The number of anilines is 1. The largest absolute Gasteiger partial charge is 0.379 e. The molecule has 1 aliphatic rings. The van der Waals surface area contributed by atoms with Crippen molar-refractivity contribution in [3.63, 3.8) is 0 Å². The first-order chi connectivity index (χ1) is 11.9. The first kappa shape index (κ1) is 17.8. The molecular formula is C18H23N3O3S. The van der Waals surface area contributed by atoms with Gasteiger partial charge in [-0.3, -0.25) is 9.62 Å². The summed E-state index contributed by atoms with van der Waals surface area (Å²) in [6, 6.07) is 12.3. The van der Waals surface area contributed by atoms with Gasteiger partial charge in [-0.05, 0) is 30.2 Å². The second-order valence-corrected chi connectivity index (χ2v) is 8.00. The molecule has 25 heavy (non-hydrogen) atoms. The molecule has 1 N–H and O–H groups in total. The topological polar surface area (TPSA) is 71.5 Å². The number of rotatable bonds is 5. The van der Waals surface area contributed by atoms with Gasteiger partial charge in [0, 0.05) is 30.9 Å². The van der Waals surface area contributed by atoms with Gasteiger partial charge in [-0.2, -0.15) is 0 Å². The van der Waals surface area contributed by atoms with E-state index in [9.17, 15) is 8.42 Å². The van der Waals surface area contributed by atoms with Gasteiger partial charge >= 0.3 is 0 Å². The lowest BCUT2D eigenvalue weighted by Gasteiger charge is -2.32. The molecule has 1 aliphatic heterocycles. The van der Waals surface area contributed by atoms with E-state index in [0.29, 0.717) is 11.9 Å². The van der Waals surface area contributed by atoms with Gasteiger partial charge in [-0.15, -0.1) is 0 Å². The molecule has 1 aromatic carbocycles. The highest BCUT2D eigenvalue weighted by atomic mass is 32.2. The Bertz CT molecular complexity index is 798. The fraction of sp³-hybridized carbons (Fsp3) is 0.389. The normalized spacial score (nSPS) is 17.2. The number of morpholine rings is 1. The fourth-order valence-corrected chi connectivity index (χ4v) is 3.45. The molecule has 1 atom stereocenters. The second-order valence-electron chi connectivity index (χ2n) is 6.25. The average molecular weight is 361 g/mol. The van der Waals surface area contributed by atoms with Gasteiger partial charge in [0.1, 0.15) is 5.82 Å². The van der Waals surface area contributed by atoms with E-state index >= 15 is 0 Å². The minimum Gasteiger partial charge on any atom is -0.379 e. The summed E-state index contributed by atoms with van der Waals surface area (Å²) in [6.45, 7) is 5.72. The van der Waals surface area contributed by atoms with E-state index in [1.54, 1.807) is 12.3 Å². The second kappa shape index (κ2) is 7.51. The number of nitrogens with one attached hydrogen (secondary N) is 1. The number of hydrogen-bond donors (Lipinski definition) is 1. The number of pyridine rings is 1. The molecule has 2 heterocycles. The molecular weight excluding hydrogens is 338 g/mol. The van der Waals surface area contributed by atoms with Crippen molar-refractivity contribution in [2.75, 3.05) is 37.3 Å². The molecule has 0 spiro atoms. The quantitative estimate of drug-likeness (QED) is 0.886. The van der Waals surface area contributed by atoms with Crippen molar-refractivity contribution in [1.82, 2.24) is 9.88 Å². The molecule has 7 heteroatoms. The molecule has 3 rings (SSSR count). The number of aromatic nitrogens is 1. The highest BCUT2D eigenvalue weighted by Gasteiger charge is 2.18. The van der Waals surface area contributed by atoms with Crippen LogP contribution >= 0.6 is 0 Å². The molecule has 0 aliphatic carbocycles. The maximum Gasteiger partial charge on any atom is 0.230 e. The smallest absolute Gasteiger partial charge is 0.230 e. The van der Waals surface area contributed by atoms with Gasteiger partial charge in [0.2, 0.25) is 10.0 Å². The summed E-state index contributed by atoms with van der Waals surface area (Å²) in [4.78, 5) is 6.58. The van der Waals surface area contributed by atoms with Crippen molar-refractivity contribution < 1.29 is 13.2 Å². The lowest BCUT2D eigenvalue weighted by Crippen LogP contribution is -2.37. The Kier molecular flexibility index (Phi) is 5.36. The van der Waals surface area contributed by atoms with Crippen LogP contribution in [-0.2, 0) is 14.8 Å². The number of hydrogen-bond acceptors (Lipinski definition) is 5. The van der Waals surface area contributed by atoms with Gasteiger partial charge < -0.3 is 4.74 Å². The van der Waals surface area contributed by atoms with Crippen LogP contribution in [0.15, 0.2) is 42.6 Å². The average Bonchev–Trinajstić information content (AvgIpc) is 2.61. The van der Waals surface area contributed by atoms with Crippen LogP contribution in [0.3, 0.4) is 0 Å². The zero-order valence-electron chi connectivity index (χ0n) is 14.5. The van der Waals surface area contributed by atoms with Crippen LogP contribution in [-0.4, -0.2) is 50.9 Å². The van der Waals surface area contributed by atoms with Crippen LogP contribution in [0.4, 0.5) is 5.82 Å². The van der Waals surface area contributed by atoms with Crippen LogP contribution in [0.5, 0.6) is 0 Å². The lowest BCUT2D eigenvalue weighted by atomic mass is 10.0. The molecule has 0 saturated carbocycles. The van der Waals surface area contributed by atoms with E-state index < -0.39 is 10.0 Å². The minimum atomic E-state index is -3.31. The van der Waals surface area contributed by atoms with E-state index in [1.165, 1.54) is 5.56 Å². The zero-order valence-corrected chi connectivity index (χ0v) is 15.3. The van der Waals surface area contributed by atoms with Crippen molar-refractivity contribution in [2.45, 2.75) is 13.0 Å². The van der Waals surface area contributed by atoms with E-state index in [2.05, 4.69) is 45.8 Å². The maximum atomic E-state index is 11.2. The van der Waals surface area contributed by atoms with Crippen molar-refractivity contribution in [3.8, 4) is 11.1 Å². The highest BCUT2D eigenvalue weighted by molar-refractivity contribution is 7.92. The van der Waals surface area contributed by atoms with Crippen molar-refractivity contribution in [3.05, 3.63) is 48.2 Å². The van der Waals surface area contributed by atoms with Crippen LogP contribution in [0.1, 0.15) is 18.5 Å². The van der Waals surface area contributed by atoms with E-state index in [4.69, 9.17) is 4.74 Å². The summed E-state index contributed by atoms with van der Waals surface area (Å²) >= 11 is 0. The molecule has 6 nitrogen and oxygen atoms in total. The van der Waals surface area contributed by atoms with Gasteiger partial charge in [-0.25, -0.2) is 13.4 Å². The monoisotopic (exact) mass is 361 g/mol. The zero-order chi connectivity index (χ0) is 17.9. The Morgan fingerprint density at radius 1 is 1.08 bits per heavy atom. The fourth-order valence-electron chi connectivity index (χ4n) is 2.94. The number of ether oxygens (including phenoxy) is 1. The third-order valence-electron chi connectivity index (χ3n) is 4.37. The standard InChI is InChI=1S/C18H23N3O3S/c1-14(21-9-11-24-12-10-21)15-3-5-16(6-4-15)17-7-8-18(19-13-17)20-25(2,22)23/h3-8,13-14H,9-12H2,1-2H3,(H,19,20). The Morgan fingerprint density at radius 2 is 1.72 bits per heavy atom. The van der Waals surface area contributed by atoms with Crippen LogP contribution in [0.2, 0.25) is 0 Å². The van der Waals surface area contributed by atoms with E-state index in [1.807, 2.05) is 6.07 Å². The van der Waals surface area contributed by atoms with Gasteiger partial charge in [0.25, 0.3) is 0 Å². The number of benzene rings is 1. The first-order valence-electron chi connectivity index (χ1n) is 8.28. The van der Waals surface area contributed by atoms with Gasteiger partial charge in [-0.1, -0.05) is 24.3 Å². The maximum absolute atomic E-state index is 11.2. The molecule has 0 bridgehead atoms. The predicted molar refractivity (Wildman–Crippen MR) is 98.9 cm³/mol. The Balaban J connectivity index is 1.71. The molecule has 0 amide bonds. The number of nitrogens with zero attached hydrogens (tertiary/aromatic N) is 2. The molecule has 2 aromatic rings. The molecule has 1 fully saturated rings. The summed E-state index contributed by atoms with van der Waals surface area (Å²) in [6.07, 6.45) is 2.78. The van der Waals surface area contributed by atoms with Gasteiger partial charge in [0.15, 0.2) is 0 Å². The summed E-state index contributed by atoms with van der Waals surface area (Å²) in [5, 5.41) is 0. The lowest BCUT2D eigenvalue weighted by molar-refractivity contribution is 0.0198. The molecule has 1 unspecified atom stereocenters. The summed E-state index contributed by atoms with van der Waals surface area (Å²) < 4.78 is 30.2. The third kappa shape index (κ3) is 4.78. The predicted octanol–water partition coefficient (Wildman–Crippen LogP) is 2.51. The van der Waals surface area contributed by atoms with Crippen LogP contribution in [0.25, 0.3) is 11.1 Å². The molecule has 1 aromatic heterocycles. The first-order valence-corrected chi connectivity index (χ1v) is 10.2. The van der Waals surface area contributed by atoms with E-state index in [-0.39, 0.29) is 0 Å². The summed E-state index contributed by atoms with van der Waals surface area (Å²) in [7, 11) is -3.31. The van der Waals surface area contributed by atoms with Crippen LogP contribution in [0, 0.1) is 0 Å². The van der Waals surface area contributed by atoms with Crippen molar-refractivity contribution in [2.24, 2.45) is 0 Å². The van der Waals surface area contributed by atoms with Gasteiger partial charge in [0.05, 0.1) is 19.5 Å². The Hall–Kier alpha value is -1.96. The summed E-state index contributed by atoms with van der Waals surface area (Å²) in [5.41, 5.74) is 3.27. The summed E-state index contributed by atoms with van der Waals surface area (Å²) in [5.74, 6) is 0.323. The molecule has 1 saturated heterocycles. The van der Waals surface area contributed by atoms with Crippen molar-refractivity contribution >= 4 is 15.8 Å². The SMILES string of the molecule is CC(c1ccc(-c2ccc(NS(C)(=O)=O)nc2)cc1)N1CCOCC1. The highest BCUT2D eigenvalue weighted by Crippen LogP contribution is 2.25.